The highest BCUT2D eigenvalue weighted by Crippen LogP contribution is 2.61. The van der Waals surface area contributed by atoms with E-state index in [2.05, 4.69) is 109 Å². The van der Waals surface area contributed by atoms with Crippen LogP contribution < -0.4 is 0 Å². The molecule has 2 atom stereocenters. The molecule has 5 aromatic rings. The third-order valence-electron chi connectivity index (χ3n) is 6.98. The second-order valence-electron chi connectivity index (χ2n) is 8.55. The number of fused-ring (bicyclic) bond motifs is 2. The van der Waals surface area contributed by atoms with Crippen molar-refractivity contribution in [3.05, 3.63) is 155 Å². The van der Waals surface area contributed by atoms with Gasteiger partial charge in [0.15, 0.2) is 11.2 Å². The van der Waals surface area contributed by atoms with E-state index < -0.39 is 11.2 Å². The maximum absolute atomic E-state index is 6.51. The normalized spacial score (nSPS) is 23.0. The molecule has 0 fully saturated rings. The van der Waals surface area contributed by atoms with Crippen molar-refractivity contribution in [1.82, 2.24) is 0 Å². The maximum atomic E-state index is 6.51. The molecule has 0 aromatic heterocycles. The van der Waals surface area contributed by atoms with Gasteiger partial charge in [-0.15, -0.1) is 0 Å². The Morgan fingerprint density at radius 2 is 0.750 bits per heavy atom. The fourth-order valence-electron chi connectivity index (χ4n) is 5.58. The quantitative estimate of drug-likeness (QED) is 0.300. The van der Waals surface area contributed by atoms with Crippen LogP contribution in [0.1, 0.15) is 33.4 Å². The molecule has 2 bridgehead atoms. The summed E-state index contributed by atoms with van der Waals surface area (Å²) in [6.45, 7) is 0. The monoisotopic (exact) mass is 412 g/mol. The van der Waals surface area contributed by atoms with Crippen molar-refractivity contribution < 1.29 is 9.78 Å². The van der Waals surface area contributed by atoms with Gasteiger partial charge in [-0.05, 0) is 34.0 Å². The first-order valence-corrected chi connectivity index (χ1v) is 11.0. The zero-order valence-corrected chi connectivity index (χ0v) is 17.4. The molecule has 2 nitrogen and oxygen atoms in total. The minimum absolute atomic E-state index is 0.826. The van der Waals surface area contributed by atoms with Crippen LogP contribution in [0.3, 0.4) is 0 Å². The molecular weight excluding hydrogens is 392 g/mol. The summed E-state index contributed by atoms with van der Waals surface area (Å²) in [6.07, 6.45) is 0. The molecule has 2 heteroatoms. The summed E-state index contributed by atoms with van der Waals surface area (Å²) in [5.74, 6) is 0. The van der Waals surface area contributed by atoms with E-state index in [0.29, 0.717) is 0 Å². The van der Waals surface area contributed by atoms with Gasteiger partial charge in [0.1, 0.15) is 0 Å². The van der Waals surface area contributed by atoms with Crippen LogP contribution in [-0.2, 0) is 21.0 Å². The third kappa shape index (κ3) is 2.11. The second kappa shape index (κ2) is 6.39. The fraction of sp³-hybridized carbons (Fsp3) is 0.0667. The summed E-state index contributed by atoms with van der Waals surface area (Å²) in [6, 6.07) is 42.4. The second-order valence-corrected chi connectivity index (χ2v) is 8.55. The molecule has 3 aliphatic rings. The summed E-state index contributed by atoms with van der Waals surface area (Å²) in [7, 11) is 0. The van der Waals surface area contributed by atoms with Crippen LogP contribution in [0.25, 0.3) is 10.8 Å². The van der Waals surface area contributed by atoms with Gasteiger partial charge in [-0.3, -0.25) is 0 Å². The number of hydrogen-bond acceptors (Lipinski definition) is 2. The molecule has 1 aliphatic carbocycles. The lowest BCUT2D eigenvalue weighted by Crippen LogP contribution is -2.53. The van der Waals surface area contributed by atoms with Gasteiger partial charge in [-0.25, -0.2) is 9.78 Å². The summed E-state index contributed by atoms with van der Waals surface area (Å²) in [5, 5.41) is 2.39. The third-order valence-corrected chi connectivity index (χ3v) is 6.98. The van der Waals surface area contributed by atoms with E-state index in [-0.39, 0.29) is 0 Å². The highest BCUT2D eigenvalue weighted by Gasteiger charge is 2.60. The molecule has 5 aromatic carbocycles. The highest BCUT2D eigenvalue weighted by molar-refractivity contribution is 5.87. The van der Waals surface area contributed by atoms with Crippen molar-refractivity contribution in [1.29, 1.82) is 0 Å². The first-order chi connectivity index (χ1) is 15.8. The molecule has 2 heterocycles. The van der Waals surface area contributed by atoms with Crippen molar-refractivity contribution in [2.24, 2.45) is 0 Å². The summed E-state index contributed by atoms with van der Waals surface area (Å²) < 4.78 is 0. The molecule has 32 heavy (non-hydrogen) atoms. The Morgan fingerprint density at radius 1 is 0.375 bits per heavy atom. The number of hydrogen-bond donors (Lipinski definition) is 0. The molecule has 2 unspecified atom stereocenters. The fourth-order valence-corrected chi connectivity index (χ4v) is 5.58. The van der Waals surface area contributed by atoms with Crippen LogP contribution in [-0.4, -0.2) is 0 Å². The molecule has 0 radical (unpaired) electrons. The van der Waals surface area contributed by atoms with E-state index in [1.165, 1.54) is 10.8 Å². The smallest absolute Gasteiger partial charge is 0.179 e. The van der Waals surface area contributed by atoms with Crippen LogP contribution in [0.4, 0.5) is 0 Å². The van der Waals surface area contributed by atoms with Gasteiger partial charge in [-0.1, -0.05) is 109 Å². The molecule has 0 saturated heterocycles. The van der Waals surface area contributed by atoms with E-state index in [4.69, 9.17) is 9.78 Å². The van der Waals surface area contributed by atoms with Crippen molar-refractivity contribution in [3.63, 3.8) is 0 Å². The lowest BCUT2D eigenvalue weighted by Gasteiger charge is -2.53. The van der Waals surface area contributed by atoms with E-state index in [0.717, 1.165) is 33.4 Å². The van der Waals surface area contributed by atoms with E-state index >= 15 is 0 Å². The first-order valence-electron chi connectivity index (χ1n) is 11.0. The lowest BCUT2D eigenvalue weighted by atomic mass is 9.62. The van der Waals surface area contributed by atoms with Gasteiger partial charge in [0.2, 0.25) is 0 Å². The Bertz CT molecular complexity index is 1360. The molecule has 152 valence electrons. The van der Waals surface area contributed by atoms with Gasteiger partial charge >= 0.3 is 0 Å². The van der Waals surface area contributed by atoms with Gasteiger partial charge in [-0.2, -0.15) is 0 Å². The zero-order valence-electron chi connectivity index (χ0n) is 17.4. The SMILES string of the molecule is c1ccc(C23OOC(c4ccccc4)(c4ccccc42)c2cc4ccccc4cc23)cc1. The van der Waals surface area contributed by atoms with Gasteiger partial charge in [0.25, 0.3) is 0 Å². The topological polar surface area (TPSA) is 18.5 Å². The zero-order chi connectivity index (χ0) is 21.2. The van der Waals surface area contributed by atoms with Crippen molar-refractivity contribution in [2.75, 3.05) is 0 Å². The van der Waals surface area contributed by atoms with Crippen molar-refractivity contribution in [2.45, 2.75) is 11.2 Å². The van der Waals surface area contributed by atoms with E-state index in [1.807, 2.05) is 12.1 Å². The predicted octanol–water partition coefficient (Wildman–Crippen LogP) is 6.70. The molecule has 0 spiro atoms. The lowest BCUT2D eigenvalue weighted by molar-refractivity contribution is -0.410. The molecule has 2 aliphatic heterocycles. The Hall–Kier alpha value is -3.72. The van der Waals surface area contributed by atoms with E-state index in [9.17, 15) is 0 Å². The maximum Gasteiger partial charge on any atom is 0.179 e. The number of rotatable bonds is 2. The highest BCUT2D eigenvalue weighted by atomic mass is 17.2. The van der Waals surface area contributed by atoms with Gasteiger partial charge in [0.05, 0.1) is 0 Å². The Morgan fingerprint density at radius 3 is 1.19 bits per heavy atom. The van der Waals surface area contributed by atoms with Crippen molar-refractivity contribution >= 4 is 10.8 Å². The van der Waals surface area contributed by atoms with Gasteiger partial charge in [0, 0.05) is 22.3 Å². The van der Waals surface area contributed by atoms with Crippen molar-refractivity contribution in [3.8, 4) is 0 Å². The van der Waals surface area contributed by atoms with E-state index in [1.54, 1.807) is 0 Å². The Labute approximate surface area is 186 Å². The largest absolute Gasteiger partial charge is 0.214 e. The molecule has 0 amide bonds. The minimum atomic E-state index is -0.826. The first kappa shape index (κ1) is 17.9. The molecule has 0 N–H and O–H groups in total. The predicted molar refractivity (Wildman–Crippen MR) is 125 cm³/mol. The van der Waals surface area contributed by atoms with Crippen LogP contribution >= 0.6 is 0 Å². The standard InChI is InChI=1S/C30H20O2/c1-3-13-23(14-4-1)29-25-17-9-10-18-26(25)30(32-31-29,24-15-5-2-6-16-24)28-20-22-12-8-7-11-21(22)19-27(28)29/h1-20H. The van der Waals surface area contributed by atoms with Crippen LogP contribution in [0, 0.1) is 0 Å². The molecule has 0 saturated carbocycles. The van der Waals surface area contributed by atoms with Crippen LogP contribution in [0.5, 0.6) is 0 Å². The average Bonchev–Trinajstić information content (AvgIpc) is 2.89. The minimum Gasteiger partial charge on any atom is -0.214 e. The van der Waals surface area contributed by atoms with Gasteiger partial charge < -0.3 is 0 Å². The summed E-state index contributed by atoms with van der Waals surface area (Å²) in [4.78, 5) is 13.0. The summed E-state index contributed by atoms with van der Waals surface area (Å²) in [5.41, 5.74) is 5.00. The van der Waals surface area contributed by atoms with Crippen LogP contribution in [0.15, 0.2) is 121 Å². The summed E-state index contributed by atoms with van der Waals surface area (Å²) >= 11 is 0. The molecular formula is C30H20O2. The Kier molecular flexibility index (Phi) is 3.58. The van der Waals surface area contributed by atoms with Crippen LogP contribution in [0.2, 0.25) is 0 Å². The number of benzene rings is 5. The average molecular weight is 412 g/mol. The Balaban J connectivity index is 1.68. The molecule has 8 rings (SSSR count).